The molecule has 0 saturated carbocycles. The molecule has 0 fully saturated rings. The highest BCUT2D eigenvalue weighted by molar-refractivity contribution is 6.02. The molecule has 1 aromatic carbocycles. The Labute approximate surface area is 161 Å². The Kier molecular flexibility index (Phi) is 7.48. The Morgan fingerprint density at radius 2 is 1.18 bits per heavy atom. The van der Waals surface area contributed by atoms with Gasteiger partial charge in [-0.25, -0.2) is 4.79 Å². The zero-order chi connectivity index (χ0) is 21.6. The number of hydrogen-bond donors (Lipinski definition) is 4. The highest BCUT2D eigenvalue weighted by Gasteiger charge is 2.27. The third kappa shape index (κ3) is 5.69. The van der Waals surface area contributed by atoms with Crippen LogP contribution in [0.3, 0.4) is 0 Å². The molecule has 0 heterocycles. The van der Waals surface area contributed by atoms with Gasteiger partial charge in [-0.3, -0.25) is 25.1 Å². The maximum Gasteiger partial charge on any atom is 0.326 e. The molecule has 0 radical (unpaired) electrons. The van der Waals surface area contributed by atoms with E-state index in [2.05, 4.69) is 16.0 Å². The molecule has 0 unspecified atom stereocenters. The summed E-state index contributed by atoms with van der Waals surface area (Å²) in [4.78, 5) is 46.7. The molecule has 11 nitrogen and oxygen atoms in total. The van der Waals surface area contributed by atoms with Crippen LogP contribution in [0, 0.1) is 19.3 Å². The monoisotopic (exact) mass is 394 g/mol. The standard InChI is InChI=1S/C17H22N4O7/c1-7-12(20-17(25)21-16(18)19-6)8(2)14(27-10(4)23)15(28-11(5)24)13(7)26-9(3)22/h1-6H3,(H4,18,19,20,21,25). The topological polar surface area (TPSA) is 156 Å². The molecule has 1 aromatic rings. The summed E-state index contributed by atoms with van der Waals surface area (Å²) < 4.78 is 15.4. The van der Waals surface area contributed by atoms with Gasteiger partial charge in [0.25, 0.3) is 0 Å². The fourth-order valence-corrected chi connectivity index (χ4v) is 2.23. The summed E-state index contributed by atoms with van der Waals surface area (Å²) in [6, 6.07) is -0.770. The first-order chi connectivity index (χ1) is 13.0. The Hall–Kier alpha value is -3.63. The van der Waals surface area contributed by atoms with Crippen LogP contribution >= 0.6 is 0 Å². The molecule has 0 aromatic heterocycles. The second-order valence-corrected chi connectivity index (χ2v) is 5.60. The van der Waals surface area contributed by atoms with Crippen molar-refractivity contribution in [1.82, 2.24) is 10.6 Å². The second kappa shape index (κ2) is 9.35. The third-order valence-electron chi connectivity index (χ3n) is 3.31. The number of anilines is 1. The number of hydrogen-bond acceptors (Lipinski definition) is 8. The van der Waals surface area contributed by atoms with E-state index < -0.39 is 23.9 Å². The van der Waals surface area contributed by atoms with E-state index >= 15 is 0 Å². The lowest BCUT2D eigenvalue weighted by Gasteiger charge is -2.21. The van der Waals surface area contributed by atoms with Gasteiger partial charge in [0.15, 0.2) is 17.5 Å². The molecule has 11 heteroatoms. The van der Waals surface area contributed by atoms with Crippen LogP contribution in [0.25, 0.3) is 0 Å². The van der Waals surface area contributed by atoms with E-state index in [4.69, 9.17) is 19.6 Å². The molecule has 4 N–H and O–H groups in total. The molecule has 0 aliphatic rings. The van der Waals surface area contributed by atoms with E-state index in [0.29, 0.717) is 0 Å². The van der Waals surface area contributed by atoms with Crippen LogP contribution in [-0.2, 0) is 14.4 Å². The molecule has 0 bridgehead atoms. The number of ether oxygens (including phenoxy) is 3. The van der Waals surface area contributed by atoms with Gasteiger partial charge < -0.3 is 24.8 Å². The fourth-order valence-electron chi connectivity index (χ4n) is 2.23. The Bertz CT molecular complexity index is 805. The second-order valence-electron chi connectivity index (χ2n) is 5.60. The van der Waals surface area contributed by atoms with Crippen molar-refractivity contribution in [3.63, 3.8) is 0 Å². The van der Waals surface area contributed by atoms with Gasteiger partial charge in [0.05, 0.1) is 5.69 Å². The van der Waals surface area contributed by atoms with Gasteiger partial charge in [0.2, 0.25) is 5.75 Å². The van der Waals surface area contributed by atoms with Gasteiger partial charge in [-0.2, -0.15) is 0 Å². The van der Waals surface area contributed by atoms with Crippen molar-refractivity contribution in [2.45, 2.75) is 34.6 Å². The summed E-state index contributed by atoms with van der Waals surface area (Å²) in [5.74, 6) is -3.08. The quantitative estimate of drug-likeness (QED) is 0.258. The average molecular weight is 394 g/mol. The number of carbonyl (C=O) groups is 4. The molecule has 0 atom stereocenters. The predicted molar refractivity (Wildman–Crippen MR) is 98.8 cm³/mol. The number of carbonyl (C=O) groups excluding carboxylic acids is 4. The summed E-state index contributed by atoms with van der Waals surface area (Å²) in [7, 11) is 1.45. The average Bonchev–Trinajstić information content (AvgIpc) is 2.57. The molecular weight excluding hydrogens is 372 g/mol. The Morgan fingerprint density at radius 3 is 1.54 bits per heavy atom. The van der Waals surface area contributed by atoms with Gasteiger partial charge in [-0.1, -0.05) is 0 Å². The summed E-state index contributed by atoms with van der Waals surface area (Å²) in [6.07, 6.45) is 0. The van der Waals surface area contributed by atoms with Crippen molar-refractivity contribution in [2.75, 3.05) is 12.4 Å². The van der Waals surface area contributed by atoms with E-state index in [1.54, 1.807) is 0 Å². The van der Waals surface area contributed by atoms with Gasteiger partial charge >= 0.3 is 23.9 Å². The minimum atomic E-state index is -0.770. The van der Waals surface area contributed by atoms with E-state index in [-0.39, 0.29) is 40.0 Å². The van der Waals surface area contributed by atoms with Gasteiger partial charge in [-0.05, 0) is 13.8 Å². The molecule has 2 amide bonds. The van der Waals surface area contributed by atoms with Crippen LogP contribution < -0.4 is 30.2 Å². The van der Waals surface area contributed by atoms with Gasteiger partial charge in [-0.15, -0.1) is 0 Å². The zero-order valence-corrected chi connectivity index (χ0v) is 16.4. The molecule has 0 spiro atoms. The van der Waals surface area contributed by atoms with Gasteiger partial charge in [0.1, 0.15) is 0 Å². The minimum absolute atomic E-state index is 0.143. The molecule has 28 heavy (non-hydrogen) atoms. The number of urea groups is 1. The predicted octanol–water partition coefficient (Wildman–Crippen LogP) is 1.36. The largest absolute Gasteiger partial charge is 0.422 e. The number of nitrogens with one attached hydrogen (secondary N) is 4. The van der Waals surface area contributed by atoms with Crippen molar-refractivity contribution < 1.29 is 33.4 Å². The van der Waals surface area contributed by atoms with Crippen molar-refractivity contribution in [3.05, 3.63) is 11.1 Å². The molecule has 0 aliphatic heterocycles. The smallest absolute Gasteiger partial charge is 0.326 e. The highest BCUT2D eigenvalue weighted by atomic mass is 16.6. The molecular formula is C17H22N4O7. The number of esters is 3. The summed E-state index contributed by atoms with van der Waals surface area (Å²) >= 11 is 0. The molecule has 0 aliphatic carbocycles. The third-order valence-corrected chi connectivity index (χ3v) is 3.31. The van der Waals surface area contributed by atoms with Crippen LogP contribution in [-0.4, -0.2) is 36.9 Å². The summed E-state index contributed by atoms with van der Waals surface area (Å²) in [5.41, 5.74) is 0.627. The fraction of sp³-hybridized carbons (Fsp3) is 0.353. The lowest BCUT2D eigenvalue weighted by atomic mass is 10.0. The number of guanidine groups is 1. The molecule has 1 rings (SSSR count). The lowest BCUT2D eigenvalue weighted by Crippen LogP contribution is -2.40. The maximum absolute atomic E-state index is 12.1. The summed E-state index contributed by atoms with van der Waals surface area (Å²) in [5, 5.41) is 14.6. The van der Waals surface area contributed by atoms with Crippen molar-refractivity contribution in [1.29, 1.82) is 5.41 Å². The minimum Gasteiger partial charge on any atom is -0.422 e. The first kappa shape index (κ1) is 22.4. The number of rotatable bonds is 4. The Morgan fingerprint density at radius 1 is 0.786 bits per heavy atom. The van der Waals surface area contributed by atoms with Crippen molar-refractivity contribution in [2.24, 2.45) is 0 Å². The van der Waals surface area contributed by atoms with Crippen LogP contribution in [0.15, 0.2) is 0 Å². The SMILES string of the molecule is CNC(=N)NC(=O)Nc1c(C)c(OC(C)=O)c(OC(C)=O)c(OC(C)=O)c1C. The maximum atomic E-state index is 12.1. The van der Waals surface area contributed by atoms with Crippen molar-refractivity contribution >= 4 is 35.6 Å². The molecule has 152 valence electrons. The lowest BCUT2D eigenvalue weighted by molar-refractivity contribution is -0.135. The van der Waals surface area contributed by atoms with Gasteiger partial charge in [0, 0.05) is 38.9 Å². The van der Waals surface area contributed by atoms with E-state index in [9.17, 15) is 19.2 Å². The molecule has 0 saturated heterocycles. The van der Waals surface area contributed by atoms with Crippen LogP contribution in [0.2, 0.25) is 0 Å². The zero-order valence-electron chi connectivity index (χ0n) is 16.4. The number of amides is 2. The van der Waals surface area contributed by atoms with Crippen LogP contribution in [0.5, 0.6) is 17.2 Å². The summed E-state index contributed by atoms with van der Waals surface area (Å²) in [6.45, 7) is 6.42. The van der Waals surface area contributed by atoms with E-state index in [0.717, 1.165) is 20.8 Å². The number of benzene rings is 1. The van der Waals surface area contributed by atoms with E-state index in [1.165, 1.54) is 20.9 Å². The van der Waals surface area contributed by atoms with Crippen LogP contribution in [0.1, 0.15) is 31.9 Å². The highest BCUT2D eigenvalue weighted by Crippen LogP contribution is 2.47. The first-order valence-electron chi connectivity index (χ1n) is 8.04. The van der Waals surface area contributed by atoms with Crippen molar-refractivity contribution in [3.8, 4) is 17.2 Å². The Balaban J connectivity index is 3.64. The van der Waals surface area contributed by atoms with Crippen LogP contribution in [0.4, 0.5) is 10.5 Å². The van der Waals surface area contributed by atoms with E-state index in [1.807, 2.05) is 0 Å². The first-order valence-corrected chi connectivity index (χ1v) is 8.04. The normalized spacial score (nSPS) is 9.79.